The third-order valence-corrected chi connectivity index (χ3v) is 3.71. The Bertz CT molecular complexity index is 975. The number of rotatable bonds is 5. The highest BCUT2D eigenvalue weighted by molar-refractivity contribution is 6.30. The smallest absolute Gasteiger partial charge is 0.270 e. The number of allylic oxidation sites excluding steroid dienone is 1. The number of ketones is 1. The summed E-state index contributed by atoms with van der Waals surface area (Å²) in [5.74, 6) is 0.781. The minimum absolute atomic E-state index is 0.125. The minimum Gasteiger partial charge on any atom is -0.457 e. The van der Waals surface area contributed by atoms with Crippen LogP contribution in [-0.2, 0) is 0 Å². The molecule has 0 atom stereocenters. The lowest BCUT2D eigenvalue weighted by atomic mass is 10.1. The molecule has 6 heteroatoms. The Labute approximate surface area is 148 Å². The molecule has 25 heavy (non-hydrogen) atoms. The first-order chi connectivity index (χ1) is 12.0. The van der Waals surface area contributed by atoms with Gasteiger partial charge in [-0.3, -0.25) is 14.9 Å². The van der Waals surface area contributed by atoms with Crippen molar-refractivity contribution in [2.24, 2.45) is 0 Å². The van der Waals surface area contributed by atoms with Crippen LogP contribution in [0.5, 0.6) is 0 Å². The highest BCUT2D eigenvalue weighted by Gasteiger charge is 2.10. The van der Waals surface area contributed by atoms with Crippen LogP contribution < -0.4 is 0 Å². The van der Waals surface area contributed by atoms with E-state index in [9.17, 15) is 14.9 Å². The quantitative estimate of drug-likeness (QED) is 0.266. The Hall–Kier alpha value is -3.18. The molecule has 0 saturated carbocycles. The summed E-state index contributed by atoms with van der Waals surface area (Å²) in [6.45, 7) is 0. The van der Waals surface area contributed by atoms with Crippen molar-refractivity contribution < 1.29 is 14.1 Å². The van der Waals surface area contributed by atoms with E-state index in [2.05, 4.69) is 0 Å². The number of hydrogen-bond donors (Lipinski definition) is 0. The first-order valence-electron chi connectivity index (χ1n) is 7.35. The molecular weight excluding hydrogens is 342 g/mol. The zero-order valence-electron chi connectivity index (χ0n) is 12.9. The Morgan fingerprint density at radius 2 is 1.88 bits per heavy atom. The van der Waals surface area contributed by atoms with Crippen molar-refractivity contribution in [3.63, 3.8) is 0 Å². The molecule has 0 amide bonds. The Balaban J connectivity index is 1.77. The number of carbonyl (C=O) groups excluding carboxylic acids is 1. The summed E-state index contributed by atoms with van der Waals surface area (Å²) >= 11 is 5.96. The summed E-state index contributed by atoms with van der Waals surface area (Å²) in [5, 5.41) is 11.4. The highest BCUT2D eigenvalue weighted by Crippen LogP contribution is 2.25. The van der Waals surface area contributed by atoms with Gasteiger partial charge in [0.15, 0.2) is 5.78 Å². The molecule has 0 bridgehead atoms. The summed E-state index contributed by atoms with van der Waals surface area (Å²) in [4.78, 5) is 22.4. The normalized spacial score (nSPS) is 10.9. The van der Waals surface area contributed by atoms with Crippen molar-refractivity contribution >= 4 is 29.1 Å². The maximum absolute atomic E-state index is 12.1. The van der Waals surface area contributed by atoms with E-state index in [1.165, 1.54) is 36.4 Å². The first-order valence-corrected chi connectivity index (χ1v) is 7.73. The van der Waals surface area contributed by atoms with E-state index in [1.54, 1.807) is 24.3 Å². The standard InChI is InChI=1S/C19H12ClNO4/c20-15-5-1-4-14(11-15)19-10-8-17(25-19)7-9-18(22)13-3-2-6-16(12-13)21(23)24/h1-12H. The topological polar surface area (TPSA) is 73.3 Å². The Morgan fingerprint density at radius 1 is 1.08 bits per heavy atom. The van der Waals surface area contributed by atoms with E-state index in [0.29, 0.717) is 16.5 Å². The van der Waals surface area contributed by atoms with Crippen molar-refractivity contribution in [3.8, 4) is 11.3 Å². The van der Waals surface area contributed by atoms with Crippen molar-refractivity contribution in [3.05, 3.63) is 93.2 Å². The van der Waals surface area contributed by atoms with Crippen molar-refractivity contribution in [1.82, 2.24) is 0 Å². The van der Waals surface area contributed by atoms with Gasteiger partial charge < -0.3 is 4.42 Å². The van der Waals surface area contributed by atoms with Gasteiger partial charge in [-0.25, -0.2) is 0 Å². The minimum atomic E-state index is -0.537. The van der Waals surface area contributed by atoms with Crippen LogP contribution in [-0.4, -0.2) is 10.7 Å². The average Bonchev–Trinajstić information content (AvgIpc) is 3.09. The molecule has 1 heterocycles. The fourth-order valence-corrected chi connectivity index (χ4v) is 2.46. The molecule has 0 unspecified atom stereocenters. The number of hydrogen-bond acceptors (Lipinski definition) is 4. The van der Waals surface area contributed by atoms with Crippen LogP contribution in [0.25, 0.3) is 17.4 Å². The van der Waals surface area contributed by atoms with Gasteiger partial charge >= 0.3 is 0 Å². The van der Waals surface area contributed by atoms with Gasteiger partial charge in [0.25, 0.3) is 5.69 Å². The lowest BCUT2D eigenvalue weighted by molar-refractivity contribution is -0.384. The lowest BCUT2D eigenvalue weighted by Gasteiger charge is -1.97. The second kappa shape index (κ2) is 7.15. The highest BCUT2D eigenvalue weighted by atomic mass is 35.5. The second-order valence-electron chi connectivity index (χ2n) is 5.22. The first kappa shape index (κ1) is 16.7. The van der Waals surface area contributed by atoms with Crippen LogP contribution in [0.2, 0.25) is 5.02 Å². The SMILES string of the molecule is O=C(C=Cc1ccc(-c2cccc(Cl)c2)o1)c1cccc([N+](=O)[O-])c1. The predicted molar refractivity (Wildman–Crippen MR) is 95.6 cm³/mol. The van der Waals surface area contributed by atoms with Crippen molar-refractivity contribution in [2.45, 2.75) is 0 Å². The van der Waals surface area contributed by atoms with E-state index < -0.39 is 4.92 Å². The molecule has 0 aliphatic heterocycles. The number of halogens is 1. The third kappa shape index (κ3) is 4.02. The maximum Gasteiger partial charge on any atom is 0.270 e. The number of non-ortho nitro benzene ring substituents is 1. The fraction of sp³-hybridized carbons (Fsp3) is 0. The second-order valence-corrected chi connectivity index (χ2v) is 5.65. The largest absolute Gasteiger partial charge is 0.457 e. The van der Waals surface area contributed by atoms with Crippen LogP contribution >= 0.6 is 11.6 Å². The number of nitrogens with zero attached hydrogens (tertiary/aromatic N) is 1. The molecule has 5 nitrogen and oxygen atoms in total. The van der Waals surface area contributed by atoms with Crippen LogP contribution in [0.15, 0.2) is 71.2 Å². The third-order valence-electron chi connectivity index (χ3n) is 3.48. The monoisotopic (exact) mass is 353 g/mol. The van der Waals surface area contributed by atoms with Gasteiger partial charge in [0, 0.05) is 28.3 Å². The number of benzene rings is 2. The van der Waals surface area contributed by atoms with Crippen molar-refractivity contribution in [2.75, 3.05) is 0 Å². The van der Waals surface area contributed by atoms with Gasteiger partial charge in [-0.15, -0.1) is 0 Å². The summed E-state index contributed by atoms with van der Waals surface area (Å²) in [6, 6.07) is 16.3. The zero-order chi connectivity index (χ0) is 17.8. The maximum atomic E-state index is 12.1. The number of nitro benzene ring substituents is 1. The van der Waals surface area contributed by atoms with Gasteiger partial charge in [0.05, 0.1) is 4.92 Å². The molecule has 0 aliphatic rings. The van der Waals surface area contributed by atoms with E-state index >= 15 is 0 Å². The molecule has 124 valence electrons. The molecule has 2 aromatic carbocycles. The summed E-state index contributed by atoms with van der Waals surface area (Å²) in [5.41, 5.74) is 0.949. The zero-order valence-corrected chi connectivity index (χ0v) is 13.6. The molecule has 0 radical (unpaired) electrons. The van der Waals surface area contributed by atoms with Crippen LogP contribution in [0.1, 0.15) is 16.1 Å². The van der Waals surface area contributed by atoms with Gasteiger partial charge in [0.1, 0.15) is 11.5 Å². The average molecular weight is 354 g/mol. The van der Waals surface area contributed by atoms with Crippen LogP contribution in [0.3, 0.4) is 0 Å². The fourth-order valence-electron chi connectivity index (χ4n) is 2.27. The van der Waals surface area contributed by atoms with E-state index in [-0.39, 0.29) is 17.0 Å². The van der Waals surface area contributed by atoms with Gasteiger partial charge in [-0.05, 0) is 36.4 Å². The molecule has 0 saturated heterocycles. The Kier molecular flexibility index (Phi) is 4.77. The number of carbonyl (C=O) groups is 1. The summed E-state index contributed by atoms with van der Waals surface area (Å²) < 4.78 is 5.67. The molecule has 3 rings (SSSR count). The molecular formula is C19H12ClNO4. The van der Waals surface area contributed by atoms with Gasteiger partial charge in [0.2, 0.25) is 0 Å². The number of nitro groups is 1. The molecule has 0 spiro atoms. The molecule has 0 aliphatic carbocycles. The molecule has 0 N–H and O–H groups in total. The lowest BCUT2D eigenvalue weighted by Crippen LogP contribution is -1.96. The van der Waals surface area contributed by atoms with Crippen LogP contribution in [0, 0.1) is 10.1 Å². The van der Waals surface area contributed by atoms with E-state index in [0.717, 1.165) is 5.56 Å². The Morgan fingerprint density at radius 3 is 2.64 bits per heavy atom. The summed E-state index contributed by atoms with van der Waals surface area (Å²) in [7, 11) is 0. The van der Waals surface area contributed by atoms with E-state index in [1.807, 2.05) is 12.1 Å². The molecule has 3 aromatic rings. The molecule has 0 fully saturated rings. The van der Waals surface area contributed by atoms with Gasteiger partial charge in [-0.2, -0.15) is 0 Å². The summed E-state index contributed by atoms with van der Waals surface area (Å²) in [6.07, 6.45) is 2.84. The van der Waals surface area contributed by atoms with Gasteiger partial charge in [-0.1, -0.05) is 35.9 Å². The predicted octanol–water partition coefficient (Wildman–Crippen LogP) is 5.40. The van der Waals surface area contributed by atoms with Crippen molar-refractivity contribution in [1.29, 1.82) is 0 Å². The molecule has 1 aromatic heterocycles. The van der Waals surface area contributed by atoms with Crippen LogP contribution in [0.4, 0.5) is 5.69 Å². The number of furan rings is 1. The van der Waals surface area contributed by atoms with E-state index in [4.69, 9.17) is 16.0 Å².